The van der Waals surface area contributed by atoms with Crippen LogP contribution in [0.4, 0.5) is 5.82 Å². The van der Waals surface area contributed by atoms with Crippen molar-refractivity contribution in [3.8, 4) is 0 Å². The van der Waals surface area contributed by atoms with Crippen LogP contribution < -0.4 is 5.73 Å². The second kappa shape index (κ2) is 8.99. The fraction of sp³-hybridized carbons (Fsp3) is 0.318. The summed E-state index contributed by atoms with van der Waals surface area (Å²) in [5, 5.41) is 0.735. The highest BCUT2D eigenvalue weighted by Gasteiger charge is 2.25. The van der Waals surface area contributed by atoms with Gasteiger partial charge < -0.3 is 10.5 Å². The summed E-state index contributed by atoms with van der Waals surface area (Å²) in [6.45, 7) is 0.920. The normalized spacial score (nSPS) is 15.5. The quantitative estimate of drug-likeness (QED) is 0.606. The molecule has 1 aliphatic rings. The Morgan fingerprint density at radius 2 is 1.65 bits per heavy atom. The van der Waals surface area contributed by atoms with Crippen molar-refractivity contribution in [2.24, 2.45) is 0 Å². The molecular weight excluding hydrogens is 416 g/mol. The van der Waals surface area contributed by atoms with E-state index in [4.69, 9.17) is 10.5 Å². The number of sulfonamides is 1. The van der Waals surface area contributed by atoms with Gasteiger partial charge in [0, 0.05) is 18.5 Å². The van der Waals surface area contributed by atoms with Gasteiger partial charge in [-0.05, 0) is 49.2 Å². The number of nitrogens with two attached hydrogens (primary N) is 1. The van der Waals surface area contributed by atoms with Crippen molar-refractivity contribution >= 4 is 32.7 Å². The molecule has 1 aliphatic heterocycles. The zero-order valence-electron chi connectivity index (χ0n) is 17.0. The Labute approximate surface area is 181 Å². The molecule has 0 radical (unpaired) electrons. The summed E-state index contributed by atoms with van der Waals surface area (Å²) in [4.78, 5) is 21.1. The summed E-state index contributed by atoms with van der Waals surface area (Å²) in [5.74, 6) is 0.0266. The zero-order chi connectivity index (χ0) is 21.8. The minimum Gasteiger partial charge on any atom is -0.454 e. The minimum absolute atomic E-state index is 0.137. The smallest absolute Gasteiger partial charge is 0.338 e. The van der Waals surface area contributed by atoms with E-state index in [0.717, 1.165) is 31.1 Å². The number of anilines is 1. The van der Waals surface area contributed by atoms with Crippen molar-refractivity contribution in [3.63, 3.8) is 0 Å². The molecule has 0 saturated carbocycles. The second-order valence-electron chi connectivity index (χ2n) is 7.46. The fourth-order valence-corrected chi connectivity index (χ4v) is 5.14. The minimum atomic E-state index is -3.56. The predicted octanol–water partition coefficient (Wildman–Crippen LogP) is 3.13. The van der Waals surface area contributed by atoms with E-state index < -0.39 is 16.0 Å². The van der Waals surface area contributed by atoms with Crippen LogP contribution in [0.3, 0.4) is 0 Å². The van der Waals surface area contributed by atoms with E-state index in [1.807, 2.05) is 24.3 Å². The molecule has 2 N–H and O–H groups in total. The van der Waals surface area contributed by atoms with Crippen LogP contribution >= 0.6 is 0 Å². The van der Waals surface area contributed by atoms with Crippen molar-refractivity contribution < 1.29 is 17.9 Å². The van der Waals surface area contributed by atoms with Crippen molar-refractivity contribution in [2.75, 3.05) is 18.8 Å². The van der Waals surface area contributed by atoms with Gasteiger partial charge in [-0.3, -0.25) is 0 Å². The van der Waals surface area contributed by atoms with Gasteiger partial charge in [0.05, 0.1) is 16.0 Å². The fourth-order valence-electron chi connectivity index (χ4n) is 3.62. The summed E-state index contributed by atoms with van der Waals surface area (Å²) in [5.41, 5.74) is 6.87. The second-order valence-corrected chi connectivity index (χ2v) is 9.40. The van der Waals surface area contributed by atoms with Gasteiger partial charge in [-0.25, -0.2) is 23.2 Å². The molecule has 31 heavy (non-hydrogen) atoms. The zero-order valence-corrected chi connectivity index (χ0v) is 17.8. The molecule has 0 bridgehead atoms. The van der Waals surface area contributed by atoms with Crippen molar-refractivity contribution in [1.29, 1.82) is 0 Å². The van der Waals surface area contributed by atoms with E-state index in [-0.39, 0.29) is 17.1 Å². The summed E-state index contributed by atoms with van der Waals surface area (Å²) in [7, 11) is -3.56. The molecule has 1 saturated heterocycles. The van der Waals surface area contributed by atoms with Gasteiger partial charge in [0.1, 0.15) is 5.82 Å². The third kappa shape index (κ3) is 4.67. The maximum Gasteiger partial charge on any atom is 0.338 e. The number of rotatable bonds is 5. The van der Waals surface area contributed by atoms with E-state index in [2.05, 4.69) is 9.97 Å². The Hall–Kier alpha value is -3.04. The molecule has 0 spiro atoms. The third-order valence-corrected chi connectivity index (χ3v) is 7.22. The SMILES string of the molecule is Nc1nc(COC(=O)c2ccc(S(=O)(=O)N3CCCCCC3)cc2)nc2ccccc12. The highest BCUT2D eigenvalue weighted by molar-refractivity contribution is 7.89. The predicted molar refractivity (Wildman–Crippen MR) is 117 cm³/mol. The van der Waals surface area contributed by atoms with Crippen LogP contribution in [0.25, 0.3) is 10.9 Å². The number of carbonyl (C=O) groups excluding carboxylic acids is 1. The summed E-state index contributed by atoms with van der Waals surface area (Å²) in [6.07, 6.45) is 3.82. The van der Waals surface area contributed by atoms with E-state index in [1.165, 1.54) is 28.6 Å². The van der Waals surface area contributed by atoms with Gasteiger partial charge in [-0.1, -0.05) is 25.0 Å². The highest BCUT2D eigenvalue weighted by Crippen LogP contribution is 2.21. The Morgan fingerprint density at radius 3 is 2.35 bits per heavy atom. The number of nitrogens with zero attached hydrogens (tertiary/aromatic N) is 3. The molecule has 0 unspecified atom stereocenters. The molecule has 0 amide bonds. The number of benzene rings is 2. The van der Waals surface area contributed by atoms with Crippen LogP contribution in [0.1, 0.15) is 41.9 Å². The molecule has 1 aromatic heterocycles. The number of carbonyl (C=O) groups is 1. The molecule has 4 rings (SSSR count). The Kier molecular flexibility index (Phi) is 6.15. The van der Waals surface area contributed by atoms with E-state index in [1.54, 1.807) is 0 Å². The molecule has 2 aromatic carbocycles. The number of hydrogen-bond donors (Lipinski definition) is 1. The first-order valence-electron chi connectivity index (χ1n) is 10.2. The number of para-hydroxylation sites is 1. The molecular formula is C22H24N4O4S. The molecule has 162 valence electrons. The Bertz CT molecular complexity index is 1190. The van der Waals surface area contributed by atoms with Gasteiger partial charge >= 0.3 is 5.97 Å². The van der Waals surface area contributed by atoms with E-state index in [9.17, 15) is 13.2 Å². The number of hydrogen-bond acceptors (Lipinski definition) is 7. The summed E-state index contributed by atoms with van der Waals surface area (Å²) in [6, 6.07) is 13.1. The van der Waals surface area contributed by atoms with Gasteiger partial charge in [-0.2, -0.15) is 4.31 Å². The van der Waals surface area contributed by atoms with Crippen LogP contribution in [0, 0.1) is 0 Å². The van der Waals surface area contributed by atoms with Crippen LogP contribution in [0.15, 0.2) is 53.4 Å². The third-order valence-electron chi connectivity index (χ3n) is 5.30. The van der Waals surface area contributed by atoms with Gasteiger partial charge in [0.25, 0.3) is 0 Å². The Balaban J connectivity index is 1.44. The van der Waals surface area contributed by atoms with Crippen molar-refractivity contribution in [3.05, 3.63) is 59.9 Å². The molecule has 9 heteroatoms. The maximum absolute atomic E-state index is 12.9. The van der Waals surface area contributed by atoms with Crippen LogP contribution in [0.2, 0.25) is 0 Å². The Morgan fingerprint density at radius 1 is 0.968 bits per heavy atom. The standard InChI is InChI=1S/C22H24N4O4S/c23-21-18-7-3-4-8-19(18)24-20(25-21)15-30-22(27)16-9-11-17(12-10-16)31(28,29)26-13-5-1-2-6-14-26/h3-4,7-12H,1-2,5-6,13-15H2,(H2,23,24,25). The van der Waals surface area contributed by atoms with Gasteiger partial charge in [-0.15, -0.1) is 0 Å². The molecule has 3 aromatic rings. The molecule has 0 aliphatic carbocycles. The number of fused-ring (bicyclic) bond motifs is 1. The number of ether oxygens (including phenoxy) is 1. The summed E-state index contributed by atoms with van der Waals surface area (Å²) < 4.78 is 32.5. The highest BCUT2D eigenvalue weighted by atomic mass is 32.2. The van der Waals surface area contributed by atoms with Crippen molar-refractivity contribution in [2.45, 2.75) is 37.2 Å². The van der Waals surface area contributed by atoms with Crippen LogP contribution in [-0.2, 0) is 21.4 Å². The first kappa shape index (κ1) is 21.2. The first-order valence-corrected chi connectivity index (χ1v) is 11.7. The average Bonchev–Trinajstić information content (AvgIpc) is 3.08. The molecule has 0 atom stereocenters. The largest absolute Gasteiger partial charge is 0.454 e. The molecule has 2 heterocycles. The van der Waals surface area contributed by atoms with Crippen molar-refractivity contribution in [1.82, 2.24) is 14.3 Å². The number of nitrogen functional groups attached to an aromatic ring is 1. The monoisotopic (exact) mass is 440 g/mol. The van der Waals surface area contributed by atoms with E-state index >= 15 is 0 Å². The lowest BCUT2D eigenvalue weighted by molar-refractivity contribution is 0.0462. The van der Waals surface area contributed by atoms with Gasteiger partial charge in [0.15, 0.2) is 12.4 Å². The topological polar surface area (TPSA) is 115 Å². The van der Waals surface area contributed by atoms with Gasteiger partial charge in [0.2, 0.25) is 10.0 Å². The number of aromatic nitrogens is 2. The summed E-state index contributed by atoms with van der Waals surface area (Å²) >= 11 is 0. The lowest BCUT2D eigenvalue weighted by Crippen LogP contribution is -2.31. The lowest BCUT2D eigenvalue weighted by Gasteiger charge is -2.19. The molecule has 8 nitrogen and oxygen atoms in total. The first-order chi connectivity index (χ1) is 14.9. The molecule has 1 fully saturated rings. The van der Waals surface area contributed by atoms with E-state index in [0.29, 0.717) is 30.2 Å². The van der Waals surface area contributed by atoms with Crippen LogP contribution in [0.5, 0.6) is 0 Å². The lowest BCUT2D eigenvalue weighted by atomic mass is 10.2. The maximum atomic E-state index is 12.9. The average molecular weight is 441 g/mol. The number of esters is 1. The van der Waals surface area contributed by atoms with Crippen LogP contribution in [-0.4, -0.2) is 41.7 Å².